The van der Waals surface area contributed by atoms with Crippen molar-refractivity contribution in [2.24, 2.45) is 0 Å². The number of nitrogens with two attached hydrogens (primary N) is 1. The molecule has 0 saturated heterocycles. The molecule has 0 spiro atoms. The number of hydrogen-bond acceptors (Lipinski definition) is 3. The van der Waals surface area contributed by atoms with Crippen LogP contribution >= 0.6 is 0 Å². The van der Waals surface area contributed by atoms with Crippen LogP contribution in [0.2, 0.25) is 0 Å². The van der Waals surface area contributed by atoms with Crippen LogP contribution in [0.1, 0.15) is 18.5 Å². The smallest absolute Gasteiger partial charge is 0.201 e. The third-order valence-corrected chi connectivity index (χ3v) is 3.74. The van der Waals surface area contributed by atoms with Gasteiger partial charge in [0.15, 0.2) is 0 Å². The van der Waals surface area contributed by atoms with Crippen molar-refractivity contribution in [2.45, 2.75) is 19.9 Å². The van der Waals surface area contributed by atoms with Crippen LogP contribution in [-0.4, -0.2) is 25.8 Å². The number of nitrogens with zero attached hydrogens (tertiary/aromatic N) is 2. The molecule has 1 aromatic heterocycles. The molecule has 0 aliphatic rings. The van der Waals surface area contributed by atoms with Crippen molar-refractivity contribution in [1.82, 2.24) is 9.55 Å². The summed E-state index contributed by atoms with van der Waals surface area (Å²) in [5.74, 6) is 1.08. The van der Waals surface area contributed by atoms with E-state index in [-0.39, 0.29) is 6.04 Å². The maximum Gasteiger partial charge on any atom is 0.201 e. The second-order valence-corrected chi connectivity index (χ2v) is 5.90. The monoisotopic (exact) mass is 251 g/mol. The van der Waals surface area contributed by atoms with Crippen LogP contribution in [0.4, 0.5) is 5.95 Å². The van der Waals surface area contributed by atoms with Crippen molar-refractivity contribution in [3.8, 4) is 0 Å². The van der Waals surface area contributed by atoms with Crippen molar-refractivity contribution in [2.75, 3.05) is 17.7 Å². The summed E-state index contributed by atoms with van der Waals surface area (Å²) >= 11 is 0. The summed E-state index contributed by atoms with van der Waals surface area (Å²) in [4.78, 5) is 4.32. The Morgan fingerprint density at radius 2 is 2.24 bits per heavy atom. The minimum atomic E-state index is -0.841. The predicted octanol–water partition coefficient (Wildman–Crippen LogP) is 1.87. The van der Waals surface area contributed by atoms with Gasteiger partial charge in [-0.2, -0.15) is 0 Å². The van der Waals surface area contributed by atoms with E-state index >= 15 is 0 Å². The molecule has 0 amide bonds. The van der Waals surface area contributed by atoms with Crippen molar-refractivity contribution < 1.29 is 4.21 Å². The number of nitrogen functional groups attached to an aromatic ring is 1. The van der Waals surface area contributed by atoms with Gasteiger partial charge >= 0.3 is 0 Å². The van der Waals surface area contributed by atoms with Crippen LogP contribution in [0.5, 0.6) is 0 Å². The fourth-order valence-corrected chi connectivity index (χ4v) is 2.93. The molecule has 4 nitrogen and oxygen atoms in total. The molecule has 0 aliphatic carbocycles. The predicted molar refractivity (Wildman–Crippen MR) is 72.5 cm³/mol. The van der Waals surface area contributed by atoms with E-state index in [1.165, 1.54) is 5.56 Å². The van der Waals surface area contributed by atoms with E-state index in [4.69, 9.17) is 5.73 Å². The minimum absolute atomic E-state index is 0.0904. The summed E-state index contributed by atoms with van der Waals surface area (Å²) in [6, 6.07) is 6.13. The summed E-state index contributed by atoms with van der Waals surface area (Å²) in [7, 11) is -0.841. The normalized spacial score (nSPS) is 15.0. The largest absolute Gasteiger partial charge is 0.369 e. The zero-order chi connectivity index (χ0) is 12.6. The molecule has 92 valence electrons. The molecule has 0 aliphatic heterocycles. The molecule has 1 heterocycles. The fraction of sp³-hybridized carbons (Fsp3) is 0.417. The zero-order valence-corrected chi connectivity index (χ0v) is 11.1. The first-order valence-electron chi connectivity index (χ1n) is 5.53. The van der Waals surface area contributed by atoms with Crippen LogP contribution in [0.25, 0.3) is 11.0 Å². The zero-order valence-electron chi connectivity index (χ0n) is 10.3. The van der Waals surface area contributed by atoms with E-state index in [0.29, 0.717) is 11.7 Å². The summed E-state index contributed by atoms with van der Waals surface area (Å²) in [5, 5.41) is 0. The molecule has 0 fully saturated rings. The number of anilines is 1. The Morgan fingerprint density at radius 1 is 1.53 bits per heavy atom. The van der Waals surface area contributed by atoms with Gasteiger partial charge < -0.3 is 10.3 Å². The van der Waals surface area contributed by atoms with Gasteiger partial charge in [0.1, 0.15) is 0 Å². The van der Waals surface area contributed by atoms with Crippen LogP contribution in [0, 0.1) is 6.92 Å². The SMILES string of the molecule is Cc1ccc2nc(N)n(C(C)CS(C)=O)c2c1. The van der Waals surface area contributed by atoms with Crippen molar-refractivity contribution in [1.29, 1.82) is 0 Å². The molecule has 2 rings (SSSR count). The van der Waals surface area contributed by atoms with Crippen LogP contribution in [-0.2, 0) is 10.8 Å². The quantitative estimate of drug-likeness (QED) is 0.905. The summed E-state index contributed by atoms with van der Waals surface area (Å²) < 4.78 is 13.3. The van der Waals surface area contributed by atoms with Crippen molar-refractivity contribution in [3.63, 3.8) is 0 Å². The van der Waals surface area contributed by atoms with Gasteiger partial charge in [-0.05, 0) is 31.5 Å². The van der Waals surface area contributed by atoms with Gasteiger partial charge in [-0.25, -0.2) is 4.98 Å². The lowest BCUT2D eigenvalue weighted by Crippen LogP contribution is -2.15. The lowest BCUT2D eigenvalue weighted by Gasteiger charge is -2.14. The van der Waals surface area contributed by atoms with Gasteiger partial charge in [0.2, 0.25) is 5.95 Å². The summed E-state index contributed by atoms with van der Waals surface area (Å²) in [6.45, 7) is 4.05. The molecule has 17 heavy (non-hydrogen) atoms. The molecule has 2 unspecified atom stereocenters. The van der Waals surface area contributed by atoms with E-state index in [1.54, 1.807) is 6.26 Å². The van der Waals surface area contributed by atoms with E-state index in [1.807, 2.05) is 30.5 Å². The number of aryl methyl sites for hydroxylation is 1. The van der Waals surface area contributed by atoms with Crippen LogP contribution < -0.4 is 5.73 Å². The van der Waals surface area contributed by atoms with Gasteiger partial charge in [0.25, 0.3) is 0 Å². The summed E-state index contributed by atoms with van der Waals surface area (Å²) in [5.41, 5.74) is 9.01. The van der Waals surface area contributed by atoms with Crippen LogP contribution in [0.15, 0.2) is 18.2 Å². The number of benzene rings is 1. The molecule has 0 saturated carbocycles. The Labute approximate surface area is 103 Å². The first-order valence-corrected chi connectivity index (χ1v) is 7.26. The fourth-order valence-electron chi connectivity index (χ4n) is 2.10. The highest BCUT2D eigenvalue weighted by molar-refractivity contribution is 7.84. The molecule has 2 aromatic rings. The molecular weight excluding hydrogens is 234 g/mol. The minimum Gasteiger partial charge on any atom is -0.369 e. The highest BCUT2D eigenvalue weighted by atomic mass is 32.2. The number of aromatic nitrogens is 2. The van der Waals surface area contributed by atoms with Gasteiger partial charge in [0.05, 0.1) is 11.0 Å². The van der Waals surface area contributed by atoms with E-state index in [0.717, 1.165) is 11.0 Å². The van der Waals surface area contributed by atoms with E-state index < -0.39 is 10.8 Å². The number of hydrogen-bond donors (Lipinski definition) is 1. The Balaban J connectivity index is 2.55. The number of imidazole rings is 1. The van der Waals surface area contributed by atoms with Gasteiger partial charge in [0, 0.05) is 28.9 Å². The van der Waals surface area contributed by atoms with Crippen molar-refractivity contribution in [3.05, 3.63) is 23.8 Å². The Morgan fingerprint density at radius 3 is 2.88 bits per heavy atom. The Hall–Kier alpha value is -1.36. The highest BCUT2D eigenvalue weighted by Gasteiger charge is 2.14. The average molecular weight is 251 g/mol. The lowest BCUT2D eigenvalue weighted by atomic mass is 10.2. The van der Waals surface area contributed by atoms with Crippen LogP contribution in [0.3, 0.4) is 0 Å². The summed E-state index contributed by atoms with van der Waals surface area (Å²) in [6.07, 6.45) is 1.71. The third kappa shape index (κ3) is 2.34. The molecular formula is C12H17N3OS. The topological polar surface area (TPSA) is 60.9 Å². The van der Waals surface area contributed by atoms with E-state index in [9.17, 15) is 4.21 Å². The standard InChI is InChI=1S/C12H17N3OS/c1-8-4-5-10-11(6-8)15(12(13)14-10)9(2)7-17(3)16/h4-6,9H,7H2,1-3H3,(H2,13,14). The molecule has 0 radical (unpaired) electrons. The third-order valence-electron chi connectivity index (χ3n) is 2.79. The maximum absolute atomic E-state index is 11.3. The molecule has 5 heteroatoms. The first-order chi connectivity index (χ1) is 7.99. The second kappa shape index (κ2) is 4.49. The first kappa shape index (κ1) is 12.1. The van der Waals surface area contributed by atoms with Crippen molar-refractivity contribution >= 4 is 27.8 Å². The van der Waals surface area contributed by atoms with Gasteiger partial charge in [-0.3, -0.25) is 4.21 Å². The highest BCUT2D eigenvalue weighted by Crippen LogP contribution is 2.24. The molecule has 0 bridgehead atoms. The number of fused-ring (bicyclic) bond motifs is 1. The average Bonchev–Trinajstić information content (AvgIpc) is 2.52. The molecule has 2 N–H and O–H groups in total. The van der Waals surface area contributed by atoms with E-state index in [2.05, 4.69) is 11.1 Å². The second-order valence-electron chi connectivity index (χ2n) is 4.42. The van der Waals surface area contributed by atoms with Gasteiger partial charge in [-0.15, -0.1) is 0 Å². The van der Waals surface area contributed by atoms with Gasteiger partial charge in [-0.1, -0.05) is 6.07 Å². The number of rotatable bonds is 3. The molecule has 1 aromatic carbocycles. The molecule has 2 atom stereocenters. The Kier molecular flexibility index (Phi) is 3.19. The Bertz CT molecular complexity index is 576. The maximum atomic E-state index is 11.3. The lowest BCUT2D eigenvalue weighted by molar-refractivity contribution is 0.619.